The van der Waals surface area contributed by atoms with E-state index in [0.29, 0.717) is 12.8 Å². The number of carbonyl (C=O) groups is 2. The van der Waals surface area contributed by atoms with Crippen molar-refractivity contribution >= 4 is 11.9 Å². The van der Waals surface area contributed by atoms with E-state index < -0.39 is 12.0 Å². The van der Waals surface area contributed by atoms with Gasteiger partial charge in [0, 0.05) is 6.92 Å². The van der Waals surface area contributed by atoms with Gasteiger partial charge in [-0.2, -0.15) is 0 Å². The van der Waals surface area contributed by atoms with Crippen molar-refractivity contribution < 1.29 is 14.7 Å². The van der Waals surface area contributed by atoms with Gasteiger partial charge in [0.25, 0.3) is 0 Å². The summed E-state index contributed by atoms with van der Waals surface area (Å²) >= 11 is 0. The predicted octanol–water partition coefficient (Wildman–Crippen LogP) is 0.932. The van der Waals surface area contributed by atoms with E-state index in [1.165, 1.54) is 6.92 Å². The van der Waals surface area contributed by atoms with Crippen molar-refractivity contribution in [3.8, 4) is 0 Å². The Morgan fingerprint density at radius 1 is 1.46 bits per heavy atom. The smallest absolute Gasteiger partial charge is 0.326 e. The van der Waals surface area contributed by atoms with Gasteiger partial charge in [-0.1, -0.05) is 5.57 Å². The fourth-order valence-electron chi connectivity index (χ4n) is 0.893. The minimum atomic E-state index is -1.00. The maximum absolute atomic E-state index is 10.6. The molecule has 1 atom stereocenters. The van der Waals surface area contributed by atoms with Crippen LogP contribution in [0.3, 0.4) is 0 Å². The van der Waals surface area contributed by atoms with Crippen molar-refractivity contribution in [2.75, 3.05) is 0 Å². The van der Waals surface area contributed by atoms with E-state index in [1.807, 2.05) is 6.92 Å². The van der Waals surface area contributed by atoms with E-state index in [1.54, 1.807) is 0 Å². The highest BCUT2D eigenvalue weighted by atomic mass is 16.4. The summed E-state index contributed by atoms with van der Waals surface area (Å²) < 4.78 is 0. The van der Waals surface area contributed by atoms with E-state index in [-0.39, 0.29) is 5.91 Å². The lowest BCUT2D eigenvalue weighted by molar-refractivity contribution is -0.141. The summed E-state index contributed by atoms with van der Waals surface area (Å²) in [5.41, 5.74) is 0.914. The first kappa shape index (κ1) is 11.7. The summed E-state index contributed by atoms with van der Waals surface area (Å²) in [6, 6.07) is -0.797. The van der Waals surface area contributed by atoms with Gasteiger partial charge in [0.2, 0.25) is 5.91 Å². The minimum absolute atomic E-state index is 0.325. The molecular formula is C9H15NO3. The van der Waals surface area contributed by atoms with Gasteiger partial charge in [-0.25, -0.2) is 4.79 Å². The highest BCUT2D eigenvalue weighted by molar-refractivity contribution is 5.81. The Kier molecular flexibility index (Phi) is 4.80. The second-order valence-corrected chi connectivity index (χ2v) is 3.09. The number of hydrogen-bond acceptors (Lipinski definition) is 2. The Labute approximate surface area is 77.6 Å². The number of carboxylic acids is 1. The standard InChI is InChI=1S/C9H15NO3/c1-6(2)4-5-8(9(12)13)10-7(3)11/h8H,1,4-5H2,2-3H3,(H,10,11)(H,12,13). The quantitative estimate of drug-likeness (QED) is 0.626. The van der Waals surface area contributed by atoms with Crippen LogP contribution in [-0.4, -0.2) is 23.0 Å². The first-order chi connectivity index (χ1) is 5.93. The third-order valence-electron chi connectivity index (χ3n) is 1.54. The molecule has 0 aliphatic heterocycles. The SMILES string of the molecule is C=C(C)CCC(NC(C)=O)C(=O)O. The fraction of sp³-hybridized carbons (Fsp3) is 0.556. The second kappa shape index (κ2) is 5.35. The summed E-state index contributed by atoms with van der Waals surface area (Å²) in [6.45, 7) is 6.79. The molecule has 0 rings (SSSR count). The lowest BCUT2D eigenvalue weighted by Crippen LogP contribution is -2.39. The maximum atomic E-state index is 10.6. The number of hydrogen-bond donors (Lipinski definition) is 2. The van der Waals surface area contributed by atoms with Gasteiger partial charge in [-0.15, -0.1) is 6.58 Å². The van der Waals surface area contributed by atoms with Crippen molar-refractivity contribution in [3.63, 3.8) is 0 Å². The number of aliphatic carboxylic acids is 1. The van der Waals surface area contributed by atoms with E-state index >= 15 is 0 Å². The van der Waals surface area contributed by atoms with Gasteiger partial charge in [-0.3, -0.25) is 4.79 Å². The van der Waals surface area contributed by atoms with Crippen LogP contribution < -0.4 is 5.32 Å². The molecule has 13 heavy (non-hydrogen) atoms. The fourth-order valence-corrected chi connectivity index (χ4v) is 0.893. The maximum Gasteiger partial charge on any atom is 0.326 e. The molecule has 2 N–H and O–H groups in total. The summed E-state index contributed by atoms with van der Waals surface area (Å²) in [6.07, 6.45) is 1.00. The van der Waals surface area contributed by atoms with Gasteiger partial charge in [0.15, 0.2) is 0 Å². The van der Waals surface area contributed by atoms with Crippen LogP contribution in [0.5, 0.6) is 0 Å². The zero-order valence-electron chi connectivity index (χ0n) is 7.96. The van der Waals surface area contributed by atoms with Gasteiger partial charge < -0.3 is 10.4 Å². The molecule has 0 aromatic carbocycles. The first-order valence-corrected chi connectivity index (χ1v) is 4.07. The zero-order valence-corrected chi connectivity index (χ0v) is 7.96. The van der Waals surface area contributed by atoms with Crippen molar-refractivity contribution in [2.24, 2.45) is 0 Å². The molecule has 0 bridgehead atoms. The molecule has 0 aromatic rings. The van der Waals surface area contributed by atoms with Crippen LogP contribution >= 0.6 is 0 Å². The van der Waals surface area contributed by atoms with Gasteiger partial charge in [0.05, 0.1) is 0 Å². The van der Waals surface area contributed by atoms with E-state index in [2.05, 4.69) is 11.9 Å². The number of carboxylic acid groups (broad SMARTS) is 1. The van der Waals surface area contributed by atoms with Gasteiger partial charge >= 0.3 is 5.97 Å². The molecule has 0 saturated heterocycles. The molecule has 4 nitrogen and oxygen atoms in total. The average molecular weight is 185 g/mol. The van der Waals surface area contributed by atoms with Crippen molar-refractivity contribution in [1.29, 1.82) is 0 Å². The third kappa shape index (κ3) is 5.90. The van der Waals surface area contributed by atoms with Gasteiger partial charge in [-0.05, 0) is 19.8 Å². The highest BCUT2D eigenvalue weighted by Crippen LogP contribution is 2.04. The molecule has 0 fully saturated rings. The number of nitrogens with one attached hydrogen (secondary N) is 1. The van der Waals surface area contributed by atoms with E-state index in [9.17, 15) is 9.59 Å². The number of allylic oxidation sites excluding steroid dienone is 1. The molecule has 4 heteroatoms. The lowest BCUT2D eigenvalue weighted by Gasteiger charge is -2.12. The average Bonchev–Trinajstić information content (AvgIpc) is 1.96. The summed E-state index contributed by atoms with van der Waals surface area (Å²) in [5.74, 6) is -1.33. The minimum Gasteiger partial charge on any atom is -0.480 e. The second-order valence-electron chi connectivity index (χ2n) is 3.09. The van der Waals surface area contributed by atoms with Crippen LogP contribution in [0.4, 0.5) is 0 Å². The molecule has 1 unspecified atom stereocenters. The molecular weight excluding hydrogens is 170 g/mol. The number of amides is 1. The molecule has 1 amide bonds. The molecule has 0 aromatic heterocycles. The van der Waals surface area contributed by atoms with Crippen molar-refractivity contribution in [3.05, 3.63) is 12.2 Å². The Morgan fingerprint density at radius 3 is 2.31 bits per heavy atom. The normalized spacial score (nSPS) is 11.8. The Hall–Kier alpha value is -1.32. The van der Waals surface area contributed by atoms with E-state index in [4.69, 9.17) is 5.11 Å². The Morgan fingerprint density at radius 2 is 2.00 bits per heavy atom. The van der Waals surface area contributed by atoms with Crippen molar-refractivity contribution in [1.82, 2.24) is 5.32 Å². The zero-order chi connectivity index (χ0) is 10.4. The molecule has 0 spiro atoms. The first-order valence-electron chi connectivity index (χ1n) is 4.07. The topological polar surface area (TPSA) is 66.4 Å². The van der Waals surface area contributed by atoms with Crippen LogP contribution in [0.25, 0.3) is 0 Å². The molecule has 0 heterocycles. The van der Waals surface area contributed by atoms with Crippen LogP contribution in [0.1, 0.15) is 26.7 Å². The summed E-state index contributed by atoms with van der Waals surface area (Å²) in [4.78, 5) is 21.2. The van der Waals surface area contributed by atoms with Crippen LogP contribution in [0.2, 0.25) is 0 Å². The Bertz CT molecular complexity index is 223. The molecule has 0 radical (unpaired) electrons. The predicted molar refractivity (Wildman–Crippen MR) is 49.3 cm³/mol. The van der Waals surface area contributed by atoms with E-state index in [0.717, 1.165) is 5.57 Å². The molecule has 0 saturated carbocycles. The molecule has 74 valence electrons. The summed E-state index contributed by atoms with van der Waals surface area (Å²) in [7, 11) is 0. The van der Waals surface area contributed by atoms with Crippen LogP contribution in [0.15, 0.2) is 12.2 Å². The van der Waals surface area contributed by atoms with Crippen LogP contribution in [0, 0.1) is 0 Å². The monoisotopic (exact) mass is 185 g/mol. The lowest BCUT2D eigenvalue weighted by atomic mass is 10.1. The number of rotatable bonds is 5. The summed E-state index contributed by atoms with van der Waals surface area (Å²) in [5, 5.41) is 11.0. The molecule has 0 aliphatic carbocycles. The largest absolute Gasteiger partial charge is 0.480 e. The Balaban J connectivity index is 4.02. The van der Waals surface area contributed by atoms with Crippen LogP contribution in [-0.2, 0) is 9.59 Å². The number of carbonyl (C=O) groups excluding carboxylic acids is 1. The third-order valence-corrected chi connectivity index (χ3v) is 1.54. The van der Waals surface area contributed by atoms with Crippen molar-refractivity contribution in [2.45, 2.75) is 32.7 Å². The molecule has 0 aliphatic rings. The van der Waals surface area contributed by atoms with Gasteiger partial charge in [0.1, 0.15) is 6.04 Å². The highest BCUT2D eigenvalue weighted by Gasteiger charge is 2.17.